The van der Waals surface area contributed by atoms with Crippen LogP contribution in [0.2, 0.25) is 0 Å². The number of amides is 1. The van der Waals surface area contributed by atoms with Crippen LogP contribution < -0.4 is 5.32 Å². The Hall–Kier alpha value is -2.28. The van der Waals surface area contributed by atoms with Crippen LogP contribution >= 0.6 is 0 Å². The second kappa shape index (κ2) is 7.03. The Morgan fingerprint density at radius 3 is 2.67 bits per heavy atom. The van der Waals surface area contributed by atoms with Crippen LogP contribution in [-0.2, 0) is 0 Å². The molecule has 27 heavy (non-hydrogen) atoms. The summed E-state index contributed by atoms with van der Waals surface area (Å²) in [4.78, 5) is 19.4. The Labute approximate surface area is 158 Å². The summed E-state index contributed by atoms with van der Waals surface area (Å²) < 4.78 is 15.2. The largest absolute Gasteiger partial charge is 0.336 e. The lowest BCUT2D eigenvalue weighted by Crippen LogP contribution is -2.44. The zero-order chi connectivity index (χ0) is 19.0. The van der Waals surface area contributed by atoms with E-state index in [1.165, 1.54) is 18.6 Å². The summed E-state index contributed by atoms with van der Waals surface area (Å²) in [6, 6.07) is 6.21. The average Bonchev–Trinajstić information content (AvgIpc) is 3.29. The third-order valence-corrected chi connectivity index (χ3v) is 5.84. The molecule has 2 aliphatic heterocycles. The number of piperidine rings is 1. The zero-order valence-electron chi connectivity index (χ0n) is 15.9. The predicted molar refractivity (Wildman–Crippen MR) is 100 cm³/mol. The van der Waals surface area contributed by atoms with Crippen LogP contribution in [0.5, 0.6) is 0 Å². The lowest BCUT2D eigenvalue weighted by atomic mass is 9.78. The van der Waals surface area contributed by atoms with E-state index in [2.05, 4.69) is 15.4 Å². The highest BCUT2D eigenvalue weighted by Gasteiger charge is 2.38. The van der Waals surface area contributed by atoms with Crippen LogP contribution in [0.1, 0.15) is 55.5 Å². The number of carbonyl (C=O) groups is 1. The molecule has 1 N–H and O–H groups in total. The second-order valence-electron chi connectivity index (χ2n) is 8.06. The molecule has 6 nitrogen and oxygen atoms in total. The van der Waals surface area contributed by atoms with Gasteiger partial charge < -0.3 is 10.2 Å². The summed E-state index contributed by atoms with van der Waals surface area (Å²) in [7, 11) is 0. The maximum absolute atomic E-state index is 13.6. The summed E-state index contributed by atoms with van der Waals surface area (Å²) in [5.74, 6) is 0.460. The Morgan fingerprint density at radius 1 is 1.26 bits per heavy atom. The van der Waals surface area contributed by atoms with Crippen molar-refractivity contribution in [1.82, 2.24) is 25.0 Å². The maximum atomic E-state index is 13.6. The van der Waals surface area contributed by atoms with Gasteiger partial charge >= 0.3 is 0 Å². The second-order valence-corrected chi connectivity index (χ2v) is 8.06. The molecule has 2 aliphatic rings. The fourth-order valence-electron chi connectivity index (χ4n) is 4.13. The van der Waals surface area contributed by atoms with Crippen LogP contribution in [0.25, 0.3) is 5.69 Å². The van der Waals surface area contributed by atoms with Gasteiger partial charge in [-0.15, -0.1) is 5.10 Å². The van der Waals surface area contributed by atoms with E-state index in [1.807, 2.05) is 18.7 Å². The number of hydrogen-bond donors (Lipinski definition) is 1. The van der Waals surface area contributed by atoms with Gasteiger partial charge in [-0.3, -0.25) is 4.79 Å². The molecule has 2 fully saturated rings. The maximum Gasteiger partial charge on any atom is 0.293 e. The molecular weight excluding hydrogens is 345 g/mol. The molecule has 4 rings (SSSR count). The lowest BCUT2D eigenvalue weighted by Gasteiger charge is -2.38. The van der Waals surface area contributed by atoms with E-state index < -0.39 is 0 Å². The van der Waals surface area contributed by atoms with Gasteiger partial charge in [-0.2, -0.15) is 0 Å². The number of carbonyl (C=O) groups excluding carboxylic acids is 1. The molecule has 0 saturated carbocycles. The smallest absolute Gasteiger partial charge is 0.293 e. The van der Waals surface area contributed by atoms with E-state index >= 15 is 0 Å². The summed E-state index contributed by atoms with van der Waals surface area (Å²) in [5.41, 5.74) is 0.939. The number of aromatic nitrogens is 3. The van der Waals surface area contributed by atoms with E-state index in [1.54, 1.807) is 16.8 Å². The number of nitrogens with one attached hydrogen (secondary N) is 1. The molecule has 3 heterocycles. The van der Waals surface area contributed by atoms with Gasteiger partial charge in [0.05, 0.1) is 5.69 Å². The van der Waals surface area contributed by atoms with Crippen molar-refractivity contribution in [3.8, 4) is 5.69 Å². The zero-order valence-corrected chi connectivity index (χ0v) is 15.9. The van der Waals surface area contributed by atoms with Crippen molar-refractivity contribution >= 4 is 5.91 Å². The number of halogens is 1. The quantitative estimate of drug-likeness (QED) is 0.901. The molecule has 0 aliphatic carbocycles. The van der Waals surface area contributed by atoms with Crippen molar-refractivity contribution in [2.24, 2.45) is 5.41 Å². The number of hydrogen-bond acceptors (Lipinski definition) is 4. The van der Waals surface area contributed by atoms with Crippen molar-refractivity contribution in [3.05, 3.63) is 41.7 Å². The molecule has 1 spiro atoms. The Kier molecular flexibility index (Phi) is 4.72. The van der Waals surface area contributed by atoms with Gasteiger partial charge in [-0.25, -0.2) is 14.1 Å². The Bertz CT molecular complexity index is 831. The highest BCUT2D eigenvalue weighted by molar-refractivity contribution is 5.90. The van der Waals surface area contributed by atoms with E-state index in [-0.39, 0.29) is 23.5 Å². The summed E-state index contributed by atoms with van der Waals surface area (Å²) in [5, 5.41) is 7.88. The third kappa shape index (κ3) is 3.48. The molecule has 2 saturated heterocycles. The first-order valence-corrected chi connectivity index (χ1v) is 9.70. The van der Waals surface area contributed by atoms with Crippen LogP contribution in [0.4, 0.5) is 4.39 Å². The average molecular weight is 371 g/mol. The third-order valence-electron chi connectivity index (χ3n) is 5.84. The van der Waals surface area contributed by atoms with Gasteiger partial charge in [0.1, 0.15) is 11.6 Å². The highest BCUT2D eigenvalue weighted by Crippen LogP contribution is 2.37. The molecule has 144 valence electrons. The normalized spacial score (nSPS) is 19.2. The van der Waals surface area contributed by atoms with Crippen molar-refractivity contribution in [3.63, 3.8) is 0 Å². The molecule has 7 heteroatoms. The Balaban J connectivity index is 1.57. The van der Waals surface area contributed by atoms with Crippen LogP contribution in [0.15, 0.2) is 24.3 Å². The monoisotopic (exact) mass is 371 g/mol. The van der Waals surface area contributed by atoms with Gasteiger partial charge in [-0.05, 0) is 49.4 Å². The van der Waals surface area contributed by atoms with Crippen molar-refractivity contribution < 1.29 is 9.18 Å². The summed E-state index contributed by atoms with van der Waals surface area (Å²) >= 11 is 0. The first-order valence-electron chi connectivity index (χ1n) is 9.70. The van der Waals surface area contributed by atoms with E-state index in [0.29, 0.717) is 16.9 Å². The van der Waals surface area contributed by atoms with Crippen molar-refractivity contribution in [1.29, 1.82) is 0 Å². The standard InChI is InChI=1S/C20H26FN5O/c1-14(2)18-23-17(24-26(18)16-5-3-4-15(21)12-16)19(27)25-10-7-20(8-11-25)6-9-22-13-20/h3-5,12,14,22H,6-11,13H2,1-2H3. The minimum absolute atomic E-state index is 0.0662. The van der Waals surface area contributed by atoms with Crippen molar-refractivity contribution in [2.45, 2.75) is 39.0 Å². The molecule has 0 unspecified atom stereocenters. The molecule has 2 aromatic rings. The first-order chi connectivity index (χ1) is 13.0. The molecular formula is C20H26FN5O. The molecule has 0 radical (unpaired) electrons. The molecule has 0 atom stereocenters. The van der Waals surface area contributed by atoms with E-state index in [0.717, 1.165) is 39.0 Å². The van der Waals surface area contributed by atoms with Gasteiger partial charge in [-0.1, -0.05) is 19.9 Å². The number of rotatable bonds is 3. The van der Waals surface area contributed by atoms with Gasteiger partial charge in [0.2, 0.25) is 5.82 Å². The molecule has 1 aromatic carbocycles. The summed E-state index contributed by atoms with van der Waals surface area (Å²) in [6.45, 7) is 7.60. The Morgan fingerprint density at radius 2 is 2.04 bits per heavy atom. The molecule has 0 bridgehead atoms. The van der Waals surface area contributed by atoms with Gasteiger partial charge in [0, 0.05) is 25.6 Å². The van der Waals surface area contributed by atoms with Crippen molar-refractivity contribution in [2.75, 3.05) is 26.2 Å². The highest BCUT2D eigenvalue weighted by atomic mass is 19.1. The SMILES string of the molecule is CC(C)c1nc(C(=O)N2CCC3(CCNC3)CC2)nn1-c1cccc(F)c1. The van der Waals surface area contributed by atoms with Crippen LogP contribution in [-0.4, -0.2) is 51.8 Å². The lowest BCUT2D eigenvalue weighted by molar-refractivity contribution is 0.0596. The fraction of sp³-hybridized carbons (Fsp3) is 0.550. The number of nitrogens with zero attached hydrogens (tertiary/aromatic N) is 4. The molecule has 1 aromatic heterocycles. The topological polar surface area (TPSA) is 63.1 Å². The van der Waals surface area contributed by atoms with Gasteiger partial charge in [0.15, 0.2) is 0 Å². The minimum Gasteiger partial charge on any atom is -0.336 e. The predicted octanol–water partition coefficient (Wildman–Crippen LogP) is 2.75. The van der Waals surface area contributed by atoms with Gasteiger partial charge in [0.25, 0.3) is 5.91 Å². The number of likely N-dealkylation sites (tertiary alicyclic amines) is 1. The first kappa shape index (κ1) is 18.1. The number of benzene rings is 1. The minimum atomic E-state index is -0.336. The van der Waals surface area contributed by atoms with E-state index in [4.69, 9.17) is 0 Å². The fourth-order valence-corrected chi connectivity index (χ4v) is 4.13. The molecule has 1 amide bonds. The van der Waals surface area contributed by atoms with Crippen LogP contribution in [0.3, 0.4) is 0 Å². The van der Waals surface area contributed by atoms with Crippen LogP contribution in [0, 0.1) is 11.2 Å². The summed E-state index contributed by atoms with van der Waals surface area (Å²) in [6.07, 6.45) is 3.24. The van der Waals surface area contributed by atoms with E-state index in [9.17, 15) is 9.18 Å².